The maximum atomic E-state index is 13.4. The molecule has 2 heterocycles. The molecule has 0 bridgehead atoms. The number of carbonyl (C=O) groups excluding carboxylic acids is 1. The molecule has 7 heteroatoms. The van der Waals surface area contributed by atoms with Crippen LogP contribution in [-0.2, 0) is 11.3 Å². The van der Waals surface area contributed by atoms with Gasteiger partial charge in [-0.1, -0.05) is 12.1 Å². The molecular weight excluding hydrogens is 421 g/mol. The molecule has 2 aromatic carbocycles. The number of fused-ring (bicyclic) bond motifs is 1. The molecule has 0 spiro atoms. The summed E-state index contributed by atoms with van der Waals surface area (Å²) in [6.07, 6.45) is 9.44. The highest BCUT2D eigenvalue weighted by atomic mass is 19.1. The Bertz CT molecular complexity index is 1290. The summed E-state index contributed by atoms with van der Waals surface area (Å²) in [5, 5.41) is 3.81. The van der Waals surface area contributed by atoms with Gasteiger partial charge in [-0.15, -0.1) is 0 Å². The van der Waals surface area contributed by atoms with Crippen LogP contribution in [0.1, 0.15) is 24.5 Å². The second-order valence-electron chi connectivity index (χ2n) is 7.89. The normalized spacial score (nSPS) is 11.7. The molecule has 0 unspecified atom stereocenters. The molecule has 4 aromatic rings. The van der Waals surface area contributed by atoms with Crippen LogP contribution in [0.4, 0.5) is 4.39 Å². The molecule has 0 aliphatic carbocycles. The van der Waals surface area contributed by atoms with Crippen molar-refractivity contribution in [3.05, 3.63) is 78.3 Å². The van der Waals surface area contributed by atoms with E-state index in [1.165, 1.54) is 12.1 Å². The van der Waals surface area contributed by atoms with E-state index in [0.29, 0.717) is 17.9 Å². The van der Waals surface area contributed by atoms with Gasteiger partial charge in [0.25, 0.3) is 0 Å². The van der Waals surface area contributed by atoms with Gasteiger partial charge >= 0.3 is 0 Å². The van der Waals surface area contributed by atoms with Crippen molar-refractivity contribution in [3.63, 3.8) is 0 Å². The van der Waals surface area contributed by atoms with Gasteiger partial charge in [0, 0.05) is 53.6 Å². The summed E-state index contributed by atoms with van der Waals surface area (Å²) in [6.45, 7) is 5.16. The summed E-state index contributed by atoms with van der Waals surface area (Å²) in [5.41, 5.74) is 4.83. The minimum atomic E-state index is -0.292. The minimum Gasteiger partial charge on any atom is -0.496 e. The fourth-order valence-electron chi connectivity index (χ4n) is 3.94. The highest BCUT2D eigenvalue weighted by Gasteiger charge is 2.18. The van der Waals surface area contributed by atoms with E-state index in [2.05, 4.69) is 10.3 Å². The van der Waals surface area contributed by atoms with Crippen LogP contribution in [0.5, 0.6) is 5.75 Å². The molecule has 1 amide bonds. The van der Waals surface area contributed by atoms with Crippen LogP contribution in [0.3, 0.4) is 0 Å². The van der Waals surface area contributed by atoms with Gasteiger partial charge in [-0.05, 0) is 49.6 Å². The third kappa shape index (κ3) is 4.82. The molecular formula is C26H26FN3O3. The van der Waals surface area contributed by atoms with E-state index in [4.69, 9.17) is 9.15 Å². The molecule has 33 heavy (non-hydrogen) atoms. The smallest absolute Gasteiger partial charge is 0.244 e. The number of furan rings is 1. The van der Waals surface area contributed by atoms with E-state index >= 15 is 0 Å². The second kappa shape index (κ2) is 9.73. The third-order valence-electron chi connectivity index (χ3n) is 5.63. The van der Waals surface area contributed by atoms with Crippen LogP contribution >= 0.6 is 0 Å². The lowest BCUT2D eigenvalue weighted by atomic mass is 9.96. The number of carbonyl (C=O) groups is 1. The first-order valence-electron chi connectivity index (χ1n) is 10.7. The molecule has 1 N–H and O–H groups in total. The summed E-state index contributed by atoms with van der Waals surface area (Å²) in [6, 6.07) is 8.25. The zero-order valence-corrected chi connectivity index (χ0v) is 18.9. The van der Waals surface area contributed by atoms with E-state index in [0.717, 1.165) is 46.2 Å². The molecule has 0 radical (unpaired) electrons. The first-order valence-corrected chi connectivity index (χ1v) is 10.7. The van der Waals surface area contributed by atoms with Crippen LogP contribution in [0.25, 0.3) is 27.7 Å². The number of hydrogen-bond acceptors (Lipinski definition) is 4. The van der Waals surface area contributed by atoms with Gasteiger partial charge in [-0.25, -0.2) is 9.37 Å². The first-order chi connectivity index (χ1) is 16.0. The van der Waals surface area contributed by atoms with Gasteiger partial charge in [0.1, 0.15) is 17.1 Å². The average molecular weight is 448 g/mol. The Balaban J connectivity index is 1.59. The zero-order valence-electron chi connectivity index (χ0n) is 18.9. The third-order valence-corrected chi connectivity index (χ3v) is 5.63. The Morgan fingerprint density at radius 3 is 2.79 bits per heavy atom. The van der Waals surface area contributed by atoms with Crippen molar-refractivity contribution < 1.29 is 18.3 Å². The molecule has 0 atom stereocenters. The minimum absolute atomic E-state index is 0.163. The zero-order chi connectivity index (χ0) is 23.4. The Hall–Kier alpha value is -3.87. The van der Waals surface area contributed by atoms with Gasteiger partial charge in [0.15, 0.2) is 0 Å². The number of imidazole rings is 1. The summed E-state index contributed by atoms with van der Waals surface area (Å²) >= 11 is 0. The molecule has 0 aliphatic rings. The standard InChI is InChI=1S/C26H26FN3O3/c1-17(13-24(31)29-9-4-11-30-12-10-28-16-30)21-14-22-23(19-5-7-20(27)8-6-19)15-33-26(22)18(2)25(21)32-3/h5-8,10,12-16H,4,9,11H2,1-3H3,(H,29,31)/b17-13+. The van der Waals surface area contributed by atoms with Crippen LogP contribution < -0.4 is 10.1 Å². The number of hydrogen-bond donors (Lipinski definition) is 1. The van der Waals surface area contributed by atoms with E-state index in [1.54, 1.807) is 44.1 Å². The van der Waals surface area contributed by atoms with Crippen molar-refractivity contribution in [3.8, 4) is 16.9 Å². The molecule has 0 aliphatic heterocycles. The molecule has 2 aromatic heterocycles. The van der Waals surface area contributed by atoms with Gasteiger partial charge in [-0.2, -0.15) is 0 Å². The number of allylic oxidation sites excluding steroid dienone is 1. The summed E-state index contributed by atoms with van der Waals surface area (Å²) < 4.78 is 26.9. The topological polar surface area (TPSA) is 69.3 Å². The lowest BCUT2D eigenvalue weighted by molar-refractivity contribution is -0.116. The quantitative estimate of drug-likeness (QED) is 0.292. The predicted molar refractivity (Wildman–Crippen MR) is 126 cm³/mol. The largest absolute Gasteiger partial charge is 0.496 e. The van der Waals surface area contributed by atoms with E-state index in [9.17, 15) is 9.18 Å². The highest BCUT2D eigenvalue weighted by molar-refractivity contribution is 6.01. The second-order valence-corrected chi connectivity index (χ2v) is 7.89. The molecule has 0 saturated carbocycles. The summed E-state index contributed by atoms with van der Waals surface area (Å²) in [7, 11) is 1.60. The lowest BCUT2D eigenvalue weighted by Crippen LogP contribution is -2.23. The Morgan fingerprint density at radius 1 is 1.30 bits per heavy atom. The maximum Gasteiger partial charge on any atom is 0.244 e. The van der Waals surface area contributed by atoms with E-state index < -0.39 is 0 Å². The van der Waals surface area contributed by atoms with Crippen molar-refractivity contribution in [1.29, 1.82) is 0 Å². The van der Waals surface area contributed by atoms with Gasteiger partial charge in [-0.3, -0.25) is 4.79 Å². The monoisotopic (exact) mass is 447 g/mol. The number of amides is 1. The van der Waals surface area contributed by atoms with Crippen LogP contribution in [0.15, 0.2) is 65.8 Å². The molecule has 0 saturated heterocycles. The number of halogens is 1. The van der Waals surface area contributed by atoms with E-state index in [-0.39, 0.29) is 11.7 Å². The fourth-order valence-corrected chi connectivity index (χ4v) is 3.94. The number of nitrogens with one attached hydrogen (secondary N) is 1. The number of rotatable bonds is 8. The summed E-state index contributed by atoms with van der Waals surface area (Å²) in [5.74, 6) is 0.202. The van der Waals surface area contributed by atoms with Gasteiger partial charge < -0.3 is 19.0 Å². The molecule has 4 rings (SSSR count). The Labute approximate surface area is 191 Å². The molecule has 170 valence electrons. The van der Waals surface area contributed by atoms with Gasteiger partial charge in [0.2, 0.25) is 5.91 Å². The lowest BCUT2D eigenvalue weighted by Gasteiger charge is -2.13. The number of methoxy groups -OCH3 is 1. The number of benzene rings is 2. The predicted octanol–water partition coefficient (Wildman–Crippen LogP) is 5.36. The van der Waals surface area contributed by atoms with Crippen molar-refractivity contribution >= 4 is 22.4 Å². The molecule has 6 nitrogen and oxygen atoms in total. The number of nitrogens with zero attached hydrogens (tertiary/aromatic N) is 2. The van der Waals surface area contributed by atoms with Crippen molar-refractivity contribution in [2.24, 2.45) is 0 Å². The fraction of sp³-hybridized carbons (Fsp3) is 0.231. The SMILES string of the molecule is COc1c(/C(C)=C/C(=O)NCCCn2ccnc2)cc2c(-c3ccc(F)cc3)coc2c1C. The van der Waals surface area contributed by atoms with Crippen molar-refractivity contribution in [2.75, 3.05) is 13.7 Å². The highest BCUT2D eigenvalue weighted by Crippen LogP contribution is 2.40. The number of aryl methyl sites for hydroxylation is 2. The van der Waals surface area contributed by atoms with Crippen LogP contribution in [0.2, 0.25) is 0 Å². The van der Waals surface area contributed by atoms with Gasteiger partial charge in [0.05, 0.1) is 19.7 Å². The molecule has 0 fully saturated rings. The Kier molecular flexibility index (Phi) is 6.58. The van der Waals surface area contributed by atoms with Crippen LogP contribution in [0, 0.1) is 12.7 Å². The first kappa shape index (κ1) is 22.3. The maximum absolute atomic E-state index is 13.4. The summed E-state index contributed by atoms with van der Waals surface area (Å²) in [4.78, 5) is 16.5. The van der Waals surface area contributed by atoms with Crippen LogP contribution in [-0.4, -0.2) is 29.1 Å². The van der Waals surface area contributed by atoms with Crippen molar-refractivity contribution in [2.45, 2.75) is 26.8 Å². The Morgan fingerprint density at radius 2 is 2.09 bits per heavy atom. The average Bonchev–Trinajstić information content (AvgIpc) is 3.47. The van der Waals surface area contributed by atoms with E-state index in [1.807, 2.05) is 30.7 Å². The number of ether oxygens (including phenoxy) is 1. The van der Waals surface area contributed by atoms with Crippen molar-refractivity contribution in [1.82, 2.24) is 14.9 Å². The number of aromatic nitrogens is 2.